The summed E-state index contributed by atoms with van der Waals surface area (Å²) in [5.41, 5.74) is 0.102. The molecule has 1 aromatic carbocycles. The number of ether oxygens (including phenoxy) is 1. The topological polar surface area (TPSA) is 70.2 Å². The molecular formula is C22H29N3O4S. The largest absolute Gasteiger partial charge is 0.468 e. The van der Waals surface area contributed by atoms with Crippen LogP contribution in [0, 0.1) is 0 Å². The van der Waals surface area contributed by atoms with E-state index in [0.717, 1.165) is 23.6 Å². The fourth-order valence-electron chi connectivity index (χ4n) is 4.89. The van der Waals surface area contributed by atoms with E-state index in [1.165, 1.54) is 31.5 Å². The molecule has 0 aliphatic carbocycles. The van der Waals surface area contributed by atoms with Crippen molar-refractivity contribution in [3.63, 3.8) is 0 Å². The Morgan fingerprint density at radius 2 is 1.80 bits per heavy atom. The van der Waals surface area contributed by atoms with E-state index in [9.17, 15) is 14.4 Å². The third kappa shape index (κ3) is 3.95. The number of thioether (sulfide) groups is 1. The zero-order chi connectivity index (χ0) is 21.1. The summed E-state index contributed by atoms with van der Waals surface area (Å²) in [6.45, 7) is 1.63. The monoisotopic (exact) mass is 431 g/mol. The van der Waals surface area contributed by atoms with Crippen LogP contribution in [-0.4, -0.2) is 82.4 Å². The number of benzene rings is 1. The first-order valence-electron chi connectivity index (χ1n) is 10.6. The molecule has 0 N–H and O–H groups in total. The number of esters is 1. The molecule has 7 nitrogen and oxygen atoms in total. The highest BCUT2D eigenvalue weighted by Crippen LogP contribution is 2.39. The Bertz CT molecular complexity index is 789. The molecule has 0 aromatic heterocycles. The molecule has 0 saturated carbocycles. The van der Waals surface area contributed by atoms with Crippen molar-refractivity contribution in [2.75, 3.05) is 38.2 Å². The molecule has 3 heterocycles. The minimum atomic E-state index is -0.874. The van der Waals surface area contributed by atoms with Crippen LogP contribution in [0.15, 0.2) is 30.3 Å². The van der Waals surface area contributed by atoms with E-state index in [2.05, 4.69) is 4.90 Å². The molecule has 0 bridgehead atoms. The van der Waals surface area contributed by atoms with E-state index >= 15 is 0 Å². The Hall–Kier alpha value is -2.06. The number of piperidine rings is 1. The molecule has 30 heavy (non-hydrogen) atoms. The average molecular weight is 432 g/mol. The number of hydrogen-bond donors (Lipinski definition) is 0. The molecular weight excluding hydrogens is 402 g/mol. The zero-order valence-corrected chi connectivity index (χ0v) is 18.2. The molecule has 0 radical (unpaired) electrons. The number of carbonyl (C=O) groups is 3. The van der Waals surface area contributed by atoms with Crippen molar-refractivity contribution in [3.8, 4) is 0 Å². The summed E-state index contributed by atoms with van der Waals surface area (Å²) in [5.74, 6) is 1.55. The van der Waals surface area contributed by atoms with Gasteiger partial charge in [0.1, 0.15) is 12.1 Å². The van der Waals surface area contributed by atoms with Gasteiger partial charge in [-0.05, 0) is 42.8 Å². The van der Waals surface area contributed by atoms with Crippen LogP contribution in [0.5, 0.6) is 0 Å². The highest BCUT2D eigenvalue weighted by atomic mass is 32.2. The quantitative estimate of drug-likeness (QED) is 0.527. The van der Waals surface area contributed by atoms with Gasteiger partial charge in [-0.1, -0.05) is 30.3 Å². The average Bonchev–Trinajstić information content (AvgIpc) is 2.97. The van der Waals surface area contributed by atoms with Crippen molar-refractivity contribution in [2.24, 2.45) is 0 Å². The van der Waals surface area contributed by atoms with Crippen molar-refractivity contribution in [1.82, 2.24) is 14.7 Å². The lowest BCUT2D eigenvalue weighted by Crippen LogP contribution is -2.58. The van der Waals surface area contributed by atoms with Gasteiger partial charge in [0.25, 0.3) is 5.91 Å². The summed E-state index contributed by atoms with van der Waals surface area (Å²) < 4.78 is 4.72. The van der Waals surface area contributed by atoms with Gasteiger partial charge in [0, 0.05) is 25.7 Å². The molecule has 8 heteroatoms. The molecule has 0 atom stereocenters. The Balaban J connectivity index is 1.56. The first-order chi connectivity index (χ1) is 14.5. The first-order valence-corrected chi connectivity index (χ1v) is 11.8. The summed E-state index contributed by atoms with van der Waals surface area (Å²) in [6, 6.07) is 9.90. The molecule has 162 valence electrons. The number of rotatable bonds is 5. The van der Waals surface area contributed by atoms with Crippen molar-refractivity contribution >= 4 is 29.7 Å². The number of nitrogens with zero attached hydrogens (tertiary/aromatic N) is 3. The summed E-state index contributed by atoms with van der Waals surface area (Å²) in [6.07, 6.45) is 3.58. The van der Waals surface area contributed by atoms with Gasteiger partial charge in [0.15, 0.2) is 0 Å². The number of carbonyl (C=O) groups excluding carboxylic acids is 3. The van der Waals surface area contributed by atoms with E-state index in [4.69, 9.17) is 4.74 Å². The van der Waals surface area contributed by atoms with E-state index in [0.29, 0.717) is 25.4 Å². The van der Waals surface area contributed by atoms with Gasteiger partial charge in [-0.15, -0.1) is 0 Å². The summed E-state index contributed by atoms with van der Waals surface area (Å²) >= 11 is 2.01. The van der Waals surface area contributed by atoms with Crippen LogP contribution < -0.4 is 0 Å². The molecule has 4 rings (SSSR count). The van der Waals surface area contributed by atoms with Crippen molar-refractivity contribution in [2.45, 2.75) is 43.8 Å². The molecule has 3 fully saturated rings. The Labute approximate surface area is 181 Å². The van der Waals surface area contributed by atoms with Crippen LogP contribution >= 0.6 is 11.8 Å². The number of likely N-dealkylation sites (tertiary alicyclic amines) is 1. The first kappa shape index (κ1) is 21.2. The second-order valence-electron chi connectivity index (χ2n) is 8.23. The highest BCUT2D eigenvalue weighted by molar-refractivity contribution is 7.99. The molecule has 1 spiro atoms. The fourth-order valence-corrected chi connectivity index (χ4v) is 5.98. The Kier molecular flexibility index (Phi) is 6.34. The van der Waals surface area contributed by atoms with Crippen LogP contribution in [0.25, 0.3) is 0 Å². The summed E-state index contributed by atoms with van der Waals surface area (Å²) in [4.78, 5) is 43.8. The fraction of sp³-hybridized carbons (Fsp3) is 0.591. The van der Waals surface area contributed by atoms with Gasteiger partial charge >= 0.3 is 12.0 Å². The SMILES string of the molecule is COC(=O)CN1C(=O)N(Cc2ccccc2)C2(CCN(C3CCSCC3)CC2)C1=O. The molecule has 1 aromatic rings. The van der Waals surface area contributed by atoms with Gasteiger partial charge < -0.3 is 14.5 Å². The lowest BCUT2D eigenvalue weighted by Gasteiger charge is -2.45. The minimum absolute atomic E-state index is 0.257. The minimum Gasteiger partial charge on any atom is -0.468 e. The second kappa shape index (κ2) is 8.98. The lowest BCUT2D eigenvalue weighted by atomic mass is 9.84. The van der Waals surface area contributed by atoms with Gasteiger partial charge in [0.05, 0.1) is 7.11 Å². The Morgan fingerprint density at radius 1 is 1.13 bits per heavy atom. The van der Waals surface area contributed by atoms with Gasteiger partial charge in [-0.25, -0.2) is 4.79 Å². The molecule has 0 unspecified atom stereocenters. The predicted octanol–water partition coefficient (Wildman–Crippen LogP) is 2.35. The van der Waals surface area contributed by atoms with Crippen LogP contribution in [0.3, 0.4) is 0 Å². The van der Waals surface area contributed by atoms with Crippen molar-refractivity contribution in [1.29, 1.82) is 0 Å². The zero-order valence-electron chi connectivity index (χ0n) is 17.4. The van der Waals surface area contributed by atoms with Gasteiger partial charge in [-0.2, -0.15) is 11.8 Å². The smallest absolute Gasteiger partial charge is 0.328 e. The van der Waals surface area contributed by atoms with E-state index in [1.54, 1.807) is 4.90 Å². The van der Waals surface area contributed by atoms with Crippen molar-refractivity contribution < 1.29 is 19.1 Å². The number of urea groups is 1. The predicted molar refractivity (Wildman–Crippen MR) is 115 cm³/mol. The van der Waals surface area contributed by atoms with Crippen molar-refractivity contribution in [3.05, 3.63) is 35.9 Å². The molecule has 3 aliphatic rings. The maximum absolute atomic E-state index is 13.5. The van der Waals surface area contributed by atoms with Gasteiger partial charge in [0.2, 0.25) is 0 Å². The lowest BCUT2D eigenvalue weighted by molar-refractivity contribution is -0.146. The third-order valence-corrected chi connectivity index (χ3v) is 7.70. The van der Waals surface area contributed by atoms with E-state index in [-0.39, 0.29) is 12.5 Å². The standard InChI is InChI=1S/C22H29N3O4S/c1-29-19(26)16-24-20(27)22(25(21(24)28)15-17-5-3-2-4-6-17)9-11-23(12-10-22)18-7-13-30-14-8-18/h2-6,18H,7-16H2,1H3. The summed E-state index contributed by atoms with van der Waals surface area (Å²) in [5, 5.41) is 0. The highest BCUT2D eigenvalue weighted by Gasteiger charge is 2.58. The maximum Gasteiger partial charge on any atom is 0.328 e. The maximum atomic E-state index is 13.5. The van der Waals surface area contributed by atoms with Crippen LogP contribution in [0.1, 0.15) is 31.2 Å². The normalized spacial score (nSPS) is 22.7. The van der Waals surface area contributed by atoms with Gasteiger partial charge in [-0.3, -0.25) is 14.5 Å². The number of hydrogen-bond acceptors (Lipinski definition) is 6. The molecule has 3 amide bonds. The number of amides is 3. The van der Waals surface area contributed by atoms with Crippen LogP contribution in [0.2, 0.25) is 0 Å². The number of imide groups is 1. The molecule has 3 saturated heterocycles. The molecule has 3 aliphatic heterocycles. The summed E-state index contributed by atoms with van der Waals surface area (Å²) in [7, 11) is 1.27. The van der Waals surface area contributed by atoms with Crippen LogP contribution in [-0.2, 0) is 20.9 Å². The number of methoxy groups -OCH3 is 1. The van der Waals surface area contributed by atoms with E-state index < -0.39 is 17.5 Å². The second-order valence-corrected chi connectivity index (χ2v) is 9.46. The Morgan fingerprint density at radius 3 is 2.43 bits per heavy atom. The third-order valence-electron chi connectivity index (χ3n) is 6.65. The van der Waals surface area contributed by atoms with E-state index in [1.807, 2.05) is 42.1 Å². The van der Waals surface area contributed by atoms with Crippen LogP contribution in [0.4, 0.5) is 4.79 Å².